The lowest BCUT2D eigenvalue weighted by Gasteiger charge is -2.11. The summed E-state index contributed by atoms with van der Waals surface area (Å²) in [6.07, 6.45) is 0.565. The molecule has 1 heterocycles. The van der Waals surface area contributed by atoms with E-state index in [2.05, 4.69) is 4.98 Å². The first-order chi connectivity index (χ1) is 9.63. The summed E-state index contributed by atoms with van der Waals surface area (Å²) in [4.78, 5) is 4.45. The number of oxazole rings is 1. The van der Waals surface area contributed by atoms with E-state index in [1.807, 2.05) is 49.4 Å². The molecule has 2 aromatic carbocycles. The molecule has 0 amide bonds. The number of hydrogen-bond donors (Lipinski definition) is 1. The van der Waals surface area contributed by atoms with Crippen molar-refractivity contribution in [3.8, 4) is 0 Å². The Bertz CT molecular complexity index is 718. The summed E-state index contributed by atoms with van der Waals surface area (Å²) in [5.41, 5.74) is 9.94. The first-order valence-electron chi connectivity index (χ1n) is 6.49. The van der Waals surface area contributed by atoms with Crippen molar-refractivity contribution in [3.05, 3.63) is 64.5 Å². The molecule has 0 saturated heterocycles. The first kappa shape index (κ1) is 13.2. The molecule has 0 radical (unpaired) electrons. The minimum atomic E-state index is -0.154. The Morgan fingerprint density at radius 2 is 2.05 bits per heavy atom. The van der Waals surface area contributed by atoms with Gasteiger partial charge in [0.25, 0.3) is 0 Å². The Kier molecular flexibility index (Phi) is 3.47. The molecular weight excluding hydrogens is 272 g/mol. The molecule has 1 aromatic heterocycles. The Hall–Kier alpha value is -1.84. The van der Waals surface area contributed by atoms with Crippen LogP contribution in [0.4, 0.5) is 0 Å². The maximum atomic E-state index is 6.22. The monoisotopic (exact) mass is 286 g/mol. The van der Waals surface area contributed by atoms with Gasteiger partial charge in [0.2, 0.25) is 0 Å². The highest BCUT2D eigenvalue weighted by atomic mass is 35.5. The molecule has 1 atom stereocenters. The Morgan fingerprint density at radius 3 is 2.80 bits per heavy atom. The zero-order valence-electron chi connectivity index (χ0n) is 11.1. The number of nitrogens with two attached hydrogens (primary N) is 1. The third-order valence-corrected chi connectivity index (χ3v) is 3.77. The van der Waals surface area contributed by atoms with Gasteiger partial charge in [-0.2, -0.15) is 0 Å². The van der Waals surface area contributed by atoms with Gasteiger partial charge in [0.1, 0.15) is 5.52 Å². The molecule has 4 heteroatoms. The second kappa shape index (κ2) is 5.27. The maximum absolute atomic E-state index is 6.22. The molecule has 0 aliphatic heterocycles. The minimum absolute atomic E-state index is 0.154. The van der Waals surface area contributed by atoms with Gasteiger partial charge < -0.3 is 10.2 Å². The fraction of sp³-hybridized carbons (Fsp3) is 0.188. The lowest BCUT2D eigenvalue weighted by Crippen LogP contribution is -2.13. The molecule has 0 aliphatic carbocycles. The average molecular weight is 287 g/mol. The maximum Gasteiger partial charge on any atom is 0.197 e. The molecule has 0 fully saturated rings. The lowest BCUT2D eigenvalue weighted by atomic mass is 10.0. The largest absolute Gasteiger partial charge is 0.441 e. The van der Waals surface area contributed by atoms with E-state index in [1.165, 1.54) is 0 Å². The van der Waals surface area contributed by atoms with Crippen LogP contribution in [0.15, 0.2) is 46.9 Å². The van der Waals surface area contributed by atoms with Gasteiger partial charge >= 0.3 is 0 Å². The first-order valence-corrected chi connectivity index (χ1v) is 6.87. The summed E-state index contributed by atoms with van der Waals surface area (Å²) >= 11 is 6.03. The molecule has 2 N–H and O–H groups in total. The van der Waals surface area contributed by atoms with Gasteiger partial charge in [-0.05, 0) is 36.2 Å². The number of para-hydroxylation sites is 2. The van der Waals surface area contributed by atoms with Gasteiger partial charge in [-0.3, -0.25) is 0 Å². The van der Waals surface area contributed by atoms with Crippen LogP contribution in [0.25, 0.3) is 11.1 Å². The average Bonchev–Trinajstić information content (AvgIpc) is 2.83. The van der Waals surface area contributed by atoms with Crippen molar-refractivity contribution in [3.63, 3.8) is 0 Å². The zero-order chi connectivity index (χ0) is 14.1. The fourth-order valence-electron chi connectivity index (χ4n) is 2.21. The number of fused-ring (bicyclic) bond motifs is 1. The van der Waals surface area contributed by atoms with Crippen LogP contribution in [0.5, 0.6) is 0 Å². The third-order valence-electron chi connectivity index (χ3n) is 3.34. The van der Waals surface area contributed by atoms with E-state index in [1.54, 1.807) is 0 Å². The van der Waals surface area contributed by atoms with Gasteiger partial charge in [0.05, 0.1) is 0 Å². The number of aryl methyl sites for hydroxylation is 1. The van der Waals surface area contributed by atoms with Crippen molar-refractivity contribution in [2.24, 2.45) is 5.73 Å². The Balaban J connectivity index is 1.84. The predicted molar refractivity (Wildman–Crippen MR) is 80.8 cm³/mol. The van der Waals surface area contributed by atoms with Crippen LogP contribution in [0, 0.1) is 6.92 Å². The number of nitrogens with zero attached hydrogens (tertiary/aromatic N) is 1. The topological polar surface area (TPSA) is 52.0 Å². The Labute approximate surface area is 122 Å². The summed E-state index contributed by atoms with van der Waals surface area (Å²) in [5, 5.41) is 0.753. The molecule has 0 bridgehead atoms. The van der Waals surface area contributed by atoms with Gasteiger partial charge in [-0.25, -0.2) is 4.98 Å². The van der Waals surface area contributed by atoms with Crippen molar-refractivity contribution in [2.45, 2.75) is 19.4 Å². The third kappa shape index (κ3) is 2.55. The van der Waals surface area contributed by atoms with Crippen LogP contribution in [-0.2, 0) is 6.42 Å². The molecule has 102 valence electrons. The van der Waals surface area contributed by atoms with Crippen LogP contribution >= 0.6 is 11.6 Å². The summed E-state index contributed by atoms with van der Waals surface area (Å²) in [6.45, 7) is 1.97. The second-order valence-corrected chi connectivity index (χ2v) is 5.30. The zero-order valence-corrected chi connectivity index (χ0v) is 11.9. The molecule has 0 aliphatic rings. The van der Waals surface area contributed by atoms with Gasteiger partial charge in [-0.15, -0.1) is 0 Å². The molecular formula is C16H15ClN2O. The van der Waals surface area contributed by atoms with E-state index in [9.17, 15) is 0 Å². The molecule has 0 spiro atoms. The normalized spacial score (nSPS) is 12.8. The SMILES string of the molecule is Cc1cc(C(N)Cc2nc3ccccc3o2)ccc1Cl. The van der Waals surface area contributed by atoms with Crippen molar-refractivity contribution in [1.82, 2.24) is 4.98 Å². The van der Waals surface area contributed by atoms with Gasteiger partial charge in [0.15, 0.2) is 11.5 Å². The standard InChI is InChI=1S/C16H15ClN2O/c1-10-8-11(6-7-12(10)17)13(18)9-16-19-14-4-2-3-5-15(14)20-16/h2-8,13H,9,18H2,1H3. The molecule has 0 saturated carbocycles. The molecule has 3 aromatic rings. The lowest BCUT2D eigenvalue weighted by molar-refractivity contribution is 0.502. The number of rotatable bonds is 3. The van der Waals surface area contributed by atoms with Crippen molar-refractivity contribution in [2.75, 3.05) is 0 Å². The summed E-state index contributed by atoms with van der Waals surface area (Å²) in [6, 6.07) is 13.4. The molecule has 3 rings (SSSR count). The molecule has 3 nitrogen and oxygen atoms in total. The Morgan fingerprint density at radius 1 is 1.25 bits per heavy atom. The van der Waals surface area contributed by atoms with Crippen LogP contribution in [0.3, 0.4) is 0 Å². The fourth-order valence-corrected chi connectivity index (χ4v) is 2.33. The highest BCUT2D eigenvalue weighted by Gasteiger charge is 2.13. The van der Waals surface area contributed by atoms with E-state index < -0.39 is 0 Å². The summed E-state index contributed by atoms with van der Waals surface area (Å²) in [5.74, 6) is 0.659. The summed E-state index contributed by atoms with van der Waals surface area (Å²) < 4.78 is 5.70. The highest BCUT2D eigenvalue weighted by Crippen LogP contribution is 2.23. The van der Waals surface area contributed by atoms with Crippen LogP contribution < -0.4 is 5.73 Å². The van der Waals surface area contributed by atoms with Crippen LogP contribution in [-0.4, -0.2) is 4.98 Å². The van der Waals surface area contributed by atoms with Crippen molar-refractivity contribution < 1.29 is 4.42 Å². The van der Waals surface area contributed by atoms with Crippen molar-refractivity contribution >= 4 is 22.7 Å². The van der Waals surface area contributed by atoms with Gasteiger partial charge in [0, 0.05) is 17.5 Å². The van der Waals surface area contributed by atoms with E-state index >= 15 is 0 Å². The van der Waals surface area contributed by atoms with Crippen molar-refractivity contribution in [1.29, 1.82) is 0 Å². The second-order valence-electron chi connectivity index (χ2n) is 4.89. The molecule has 1 unspecified atom stereocenters. The smallest absolute Gasteiger partial charge is 0.197 e. The van der Waals surface area contributed by atoms with E-state index in [0.29, 0.717) is 12.3 Å². The number of benzene rings is 2. The quantitative estimate of drug-likeness (QED) is 0.791. The number of hydrogen-bond acceptors (Lipinski definition) is 3. The van der Waals surface area contributed by atoms with Crippen LogP contribution in [0.2, 0.25) is 5.02 Å². The predicted octanol–water partition coefficient (Wildman–Crippen LogP) is 4.03. The van der Waals surface area contributed by atoms with E-state index in [4.69, 9.17) is 21.8 Å². The summed E-state index contributed by atoms with van der Waals surface area (Å²) in [7, 11) is 0. The highest BCUT2D eigenvalue weighted by molar-refractivity contribution is 6.31. The minimum Gasteiger partial charge on any atom is -0.441 e. The number of halogens is 1. The number of aromatic nitrogens is 1. The molecule has 20 heavy (non-hydrogen) atoms. The van der Waals surface area contributed by atoms with Gasteiger partial charge in [-0.1, -0.05) is 35.9 Å². The van der Waals surface area contributed by atoms with Crippen LogP contribution in [0.1, 0.15) is 23.1 Å². The van der Waals surface area contributed by atoms with E-state index in [-0.39, 0.29) is 6.04 Å². The van der Waals surface area contributed by atoms with E-state index in [0.717, 1.165) is 27.2 Å².